The molecular formula is C21H29N5O2. The number of piperidine rings is 1. The van der Waals surface area contributed by atoms with E-state index in [-0.39, 0.29) is 5.75 Å². The van der Waals surface area contributed by atoms with Gasteiger partial charge in [-0.1, -0.05) is 12.1 Å². The first kappa shape index (κ1) is 19.8. The number of aromatic hydroxyl groups is 1. The largest absolute Gasteiger partial charge is 0.504 e. The Labute approximate surface area is 166 Å². The first-order valence-electron chi connectivity index (χ1n) is 9.76. The molecule has 3 rings (SSSR count). The molecule has 1 saturated heterocycles. The molecule has 2 heterocycles. The number of ether oxygens (including phenoxy) is 1. The number of rotatable bonds is 6. The Morgan fingerprint density at radius 1 is 1.29 bits per heavy atom. The number of methoxy groups -OCH3 is 1. The van der Waals surface area contributed by atoms with Crippen LogP contribution in [-0.4, -0.2) is 48.8 Å². The molecule has 1 aromatic heterocycles. The number of nitrogens with zero attached hydrogens (tertiary/aromatic N) is 3. The molecule has 28 heavy (non-hydrogen) atoms. The van der Waals surface area contributed by atoms with Crippen LogP contribution in [0.3, 0.4) is 0 Å². The van der Waals surface area contributed by atoms with Crippen molar-refractivity contribution >= 4 is 11.8 Å². The lowest BCUT2D eigenvalue weighted by Crippen LogP contribution is -2.48. The molecule has 1 fully saturated rings. The van der Waals surface area contributed by atoms with E-state index < -0.39 is 0 Å². The van der Waals surface area contributed by atoms with E-state index in [1.807, 2.05) is 24.4 Å². The molecule has 0 spiro atoms. The number of phenols is 1. The van der Waals surface area contributed by atoms with Gasteiger partial charge in [0.1, 0.15) is 5.82 Å². The molecule has 3 N–H and O–H groups in total. The number of hydrogen-bond donors (Lipinski definition) is 3. The normalized spacial score (nSPS) is 15.4. The lowest BCUT2D eigenvalue weighted by atomic mass is 10.1. The maximum Gasteiger partial charge on any atom is 0.191 e. The summed E-state index contributed by atoms with van der Waals surface area (Å²) < 4.78 is 5.09. The van der Waals surface area contributed by atoms with Crippen LogP contribution in [0.5, 0.6) is 11.5 Å². The van der Waals surface area contributed by atoms with Gasteiger partial charge in [-0.25, -0.2) is 9.98 Å². The van der Waals surface area contributed by atoms with E-state index in [0.717, 1.165) is 49.8 Å². The molecule has 0 aliphatic carbocycles. The standard InChI is InChI=1S/C21H29N5O2/c1-3-22-21(24-15-16-7-8-19(28-2)18(27)14-16)25-17-9-12-26(13-10-17)20-6-4-5-11-23-20/h4-8,11,14,17,27H,3,9-10,12-13,15H2,1-2H3,(H2,22,24,25). The second-order valence-electron chi connectivity index (χ2n) is 6.79. The van der Waals surface area contributed by atoms with Crippen molar-refractivity contribution < 1.29 is 9.84 Å². The molecular weight excluding hydrogens is 354 g/mol. The molecule has 1 aromatic carbocycles. The van der Waals surface area contributed by atoms with Crippen molar-refractivity contribution in [3.63, 3.8) is 0 Å². The number of benzene rings is 1. The SMILES string of the molecule is CCNC(=NCc1ccc(OC)c(O)c1)NC1CCN(c2ccccn2)CC1. The number of pyridine rings is 1. The highest BCUT2D eigenvalue weighted by Gasteiger charge is 2.20. The van der Waals surface area contributed by atoms with Gasteiger partial charge in [-0.2, -0.15) is 0 Å². The molecule has 7 nitrogen and oxygen atoms in total. The van der Waals surface area contributed by atoms with E-state index in [0.29, 0.717) is 18.3 Å². The summed E-state index contributed by atoms with van der Waals surface area (Å²) in [5.74, 6) is 2.45. The Kier molecular flexibility index (Phi) is 6.94. The van der Waals surface area contributed by atoms with Crippen LogP contribution in [0, 0.1) is 0 Å². The Hall–Kier alpha value is -2.96. The molecule has 0 saturated carbocycles. The van der Waals surface area contributed by atoms with Crippen molar-refractivity contribution in [3.8, 4) is 11.5 Å². The van der Waals surface area contributed by atoms with E-state index >= 15 is 0 Å². The van der Waals surface area contributed by atoms with E-state index in [9.17, 15) is 5.11 Å². The summed E-state index contributed by atoms with van der Waals surface area (Å²) in [6.45, 7) is 5.28. The molecule has 0 amide bonds. The van der Waals surface area contributed by atoms with E-state index in [1.54, 1.807) is 19.2 Å². The van der Waals surface area contributed by atoms with Gasteiger partial charge in [-0.3, -0.25) is 0 Å². The number of aromatic nitrogens is 1. The second kappa shape index (κ2) is 9.82. The van der Waals surface area contributed by atoms with Gasteiger partial charge in [-0.05, 0) is 49.6 Å². The average molecular weight is 383 g/mol. The van der Waals surface area contributed by atoms with E-state index in [1.165, 1.54) is 0 Å². The molecule has 150 valence electrons. The zero-order valence-corrected chi connectivity index (χ0v) is 16.6. The average Bonchev–Trinajstić information content (AvgIpc) is 2.73. The number of guanidine groups is 1. The molecule has 1 aliphatic rings. The van der Waals surface area contributed by atoms with Gasteiger partial charge < -0.3 is 25.4 Å². The summed E-state index contributed by atoms with van der Waals surface area (Å²) >= 11 is 0. The minimum Gasteiger partial charge on any atom is -0.504 e. The molecule has 7 heteroatoms. The van der Waals surface area contributed by atoms with Gasteiger partial charge in [0.15, 0.2) is 17.5 Å². The highest BCUT2D eigenvalue weighted by Crippen LogP contribution is 2.26. The minimum absolute atomic E-state index is 0.134. The third kappa shape index (κ3) is 5.28. The zero-order valence-electron chi connectivity index (χ0n) is 16.6. The third-order valence-corrected chi connectivity index (χ3v) is 4.82. The first-order chi connectivity index (χ1) is 13.7. The minimum atomic E-state index is 0.134. The maximum atomic E-state index is 9.93. The highest BCUT2D eigenvalue weighted by atomic mass is 16.5. The fraction of sp³-hybridized carbons (Fsp3) is 0.429. The van der Waals surface area contributed by atoms with Crippen LogP contribution in [0.15, 0.2) is 47.6 Å². The van der Waals surface area contributed by atoms with Gasteiger partial charge in [0, 0.05) is 31.9 Å². The Bertz CT molecular complexity index is 774. The van der Waals surface area contributed by atoms with E-state index in [4.69, 9.17) is 4.74 Å². The predicted octanol–water partition coefficient (Wildman–Crippen LogP) is 2.52. The smallest absolute Gasteiger partial charge is 0.191 e. The summed E-state index contributed by atoms with van der Waals surface area (Å²) in [6, 6.07) is 11.8. The van der Waals surface area contributed by atoms with Crippen LogP contribution in [0.2, 0.25) is 0 Å². The summed E-state index contributed by atoms with van der Waals surface area (Å²) in [6.07, 6.45) is 3.90. The lowest BCUT2D eigenvalue weighted by Gasteiger charge is -2.33. The molecule has 0 atom stereocenters. The van der Waals surface area contributed by atoms with Gasteiger partial charge in [0.2, 0.25) is 0 Å². The monoisotopic (exact) mass is 383 g/mol. The maximum absolute atomic E-state index is 9.93. The van der Waals surface area contributed by atoms with Crippen LogP contribution >= 0.6 is 0 Å². The number of nitrogens with one attached hydrogen (secondary N) is 2. The fourth-order valence-corrected chi connectivity index (χ4v) is 3.31. The predicted molar refractivity (Wildman–Crippen MR) is 112 cm³/mol. The summed E-state index contributed by atoms with van der Waals surface area (Å²) in [5.41, 5.74) is 0.931. The van der Waals surface area contributed by atoms with Crippen LogP contribution in [-0.2, 0) is 6.54 Å². The van der Waals surface area contributed by atoms with Crippen LogP contribution < -0.4 is 20.3 Å². The Morgan fingerprint density at radius 3 is 2.75 bits per heavy atom. The van der Waals surface area contributed by atoms with Gasteiger partial charge in [-0.15, -0.1) is 0 Å². The zero-order chi connectivity index (χ0) is 19.8. The third-order valence-electron chi connectivity index (χ3n) is 4.82. The summed E-state index contributed by atoms with van der Waals surface area (Å²) in [7, 11) is 1.54. The lowest BCUT2D eigenvalue weighted by molar-refractivity contribution is 0.373. The molecule has 1 aliphatic heterocycles. The van der Waals surface area contributed by atoms with Crippen molar-refractivity contribution in [1.29, 1.82) is 0 Å². The van der Waals surface area contributed by atoms with Crippen molar-refractivity contribution in [2.24, 2.45) is 4.99 Å². The molecule has 0 bridgehead atoms. The summed E-state index contributed by atoms with van der Waals surface area (Å²) in [4.78, 5) is 11.4. The number of aliphatic imine (C=N–C) groups is 1. The van der Waals surface area contributed by atoms with Gasteiger partial charge >= 0.3 is 0 Å². The molecule has 2 aromatic rings. The van der Waals surface area contributed by atoms with Crippen molar-refractivity contribution in [1.82, 2.24) is 15.6 Å². The first-order valence-corrected chi connectivity index (χ1v) is 9.76. The summed E-state index contributed by atoms with van der Waals surface area (Å²) in [5, 5.41) is 16.8. The topological polar surface area (TPSA) is 82.0 Å². The van der Waals surface area contributed by atoms with Crippen LogP contribution in [0.25, 0.3) is 0 Å². The van der Waals surface area contributed by atoms with Crippen molar-refractivity contribution in [3.05, 3.63) is 48.2 Å². The molecule has 0 unspecified atom stereocenters. The van der Waals surface area contributed by atoms with Crippen LogP contribution in [0.4, 0.5) is 5.82 Å². The van der Waals surface area contributed by atoms with E-state index in [2.05, 4.69) is 38.5 Å². The van der Waals surface area contributed by atoms with Crippen molar-refractivity contribution in [2.75, 3.05) is 31.6 Å². The number of anilines is 1. The fourth-order valence-electron chi connectivity index (χ4n) is 3.31. The van der Waals surface area contributed by atoms with Crippen molar-refractivity contribution in [2.45, 2.75) is 32.4 Å². The quantitative estimate of drug-likeness (QED) is 0.525. The second-order valence-corrected chi connectivity index (χ2v) is 6.79. The molecule has 0 radical (unpaired) electrons. The Morgan fingerprint density at radius 2 is 2.11 bits per heavy atom. The van der Waals surface area contributed by atoms with Gasteiger partial charge in [0.05, 0.1) is 13.7 Å². The van der Waals surface area contributed by atoms with Gasteiger partial charge in [0.25, 0.3) is 0 Å². The highest BCUT2D eigenvalue weighted by molar-refractivity contribution is 5.80. The Balaban J connectivity index is 1.56. The number of phenolic OH excluding ortho intramolecular Hbond substituents is 1. The van der Waals surface area contributed by atoms with Crippen LogP contribution in [0.1, 0.15) is 25.3 Å². The number of hydrogen-bond acceptors (Lipinski definition) is 5.